The van der Waals surface area contributed by atoms with Crippen molar-refractivity contribution in [2.75, 3.05) is 12.4 Å². The van der Waals surface area contributed by atoms with E-state index in [0.29, 0.717) is 5.52 Å². The number of nitrogens with zero attached hydrogens (tertiary/aromatic N) is 1. The molecular formula is C14H16F2N2O. The third kappa shape index (κ3) is 2.45. The SMILES string of the molecule is CCc1nc2c(OC(F)F)cccc2c(NC)c1C. The number of rotatable bonds is 4. The van der Waals surface area contributed by atoms with Gasteiger partial charge >= 0.3 is 6.61 Å². The topological polar surface area (TPSA) is 34.1 Å². The number of alkyl halides is 2. The van der Waals surface area contributed by atoms with Gasteiger partial charge in [0.05, 0.1) is 0 Å². The third-order valence-electron chi connectivity index (χ3n) is 3.12. The van der Waals surface area contributed by atoms with Crippen LogP contribution in [0.15, 0.2) is 18.2 Å². The Morgan fingerprint density at radius 3 is 2.68 bits per heavy atom. The highest BCUT2D eigenvalue weighted by atomic mass is 19.3. The summed E-state index contributed by atoms with van der Waals surface area (Å²) in [7, 11) is 1.81. The molecule has 19 heavy (non-hydrogen) atoms. The molecule has 1 N–H and O–H groups in total. The van der Waals surface area contributed by atoms with E-state index in [9.17, 15) is 8.78 Å². The van der Waals surface area contributed by atoms with E-state index in [1.807, 2.05) is 27.0 Å². The van der Waals surface area contributed by atoms with Crippen molar-refractivity contribution >= 4 is 16.6 Å². The molecule has 0 aliphatic heterocycles. The lowest BCUT2D eigenvalue weighted by molar-refractivity contribution is -0.0489. The molecule has 0 saturated heterocycles. The summed E-state index contributed by atoms with van der Waals surface area (Å²) in [6.07, 6.45) is 0.736. The Bertz CT molecular complexity index is 600. The summed E-state index contributed by atoms with van der Waals surface area (Å²) in [5.74, 6) is 0.110. The van der Waals surface area contributed by atoms with Crippen molar-refractivity contribution in [3.05, 3.63) is 29.5 Å². The molecule has 0 aliphatic carbocycles. The number of pyridine rings is 1. The molecule has 102 valence electrons. The lowest BCUT2D eigenvalue weighted by atomic mass is 10.0. The lowest BCUT2D eigenvalue weighted by Crippen LogP contribution is -2.05. The van der Waals surface area contributed by atoms with Crippen molar-refractivity contribution in [1.82, 2.24) is 4.98 Å². The standard InChI is InChI=1S/C14H16F2N2O/c1-4-10-8(2)12(17-3)9-6-5-7-11(13(9)18-10)19-14(15)16/h5-7,14H,4H2,1-3H3,(H,17,18). The minimum atomic E-state index is -2.85. The molecule has 0 amide bonds. The zero-order valence-electron chi connectivity index (χ0n) is 11.1. The van der Waals surface area contributed by atoms with E-state index in [4.69, 9.17) is 0 Å². The summed E-state index contributed by atoms with van der Waals surface area (Å²) in [5.41, 5.74) is 3.28. The first-order valence-electron chi connectivity index (χ1n) is 6.13. The molecule has 2 rings (SSSR count). The smallest absolute Gasteiger partial charge is 0.387 e. The molecule has 0 atom stereocenters. The Labute approximate surface area is 110 Å². The van der Waals surface area contributed by atoms with Crippen LogP contribution in [0.1, 0.15) is 18.2 Å². The van der Waals surface area contributed by atoms with E-state index in [0.717, 1.165) is 28.8 Å². The van der Waals surface area contributed by atoms with E-state index in [1.165, 1.54) is 6.07 Å². The number of hydrogen-bond donors (Lipinski definition) is 1. The Kier molecular flexibility index (Phi) is 3.83. The summed E-state index contributed by atoms with van der Waals surface area (Å²) >= 11 is 0. The van der Waals surface area contributed by atoms with Gasteiger partial charge in [-0.05, 0) is 25.0 Å². The number of ether oxygens (including phenoxy) is 1. The first kappa shape index (κ1) is 13.5. The average molecular weight is 266 g/mol. The summed E-state index contributed by atoms with van der Waals surface area (Å²) in [4.78, 5) is 4.46. The Morgan fingerprint density at radius 1 is 1.37 bits per heavy atom. The maximum absolute atomic E-state index is 12.4. The molecule has 0 radical (unpaired) electrons. The zero-order valence-corrected chi connectivity index (χ0v) is 11.1. The van der Waals surface area contributed by atoms with Gasteiger partial charge in [0.15, 0.2) is 5.75 Å². The van der Waals surface area contributed by atoms with Crippen LogP contribution in [0.3, 0.4) is 0 Å². The summed E-state index contributed by atoms with van der Waals surface area (Å²) in [6.45, 7) is 1.10. The summed E-state index contributed by atoms with van der Waals surface area (Å²) in [6, 6.07) is 5.04. The highest BCUT2D eigenvalue weighted by Gasteiger charge is 2.15. The first-order chi connectivity index (χ1) is 9.08. The number of aryl methyl sites for hydroxylation is 1. The molecule has 0 spiro atoms. The predicted molar refractivity (Wildman–Crippen MR) is 72.0 cm³/mol. The van der Waals surface area contributed by atoms with E-state index < -0.39 is 6.61 Å². The fraction of sp³-hybridized carbons (Fsp3) is 0.357. The first-order valence-corrected chi connectivity index (χ1v) is 6.13. The number of anilines is 1. The number of fused-ring (bicyclic) bond motifs is 1. The second-order valence-electron chi connectivity index (χ2n) is 4.19. The van der Waals surface area contributed by atoms with Crippen molar-refractivity contribution in [2.45, 2.75) is 26.9 Å². The number of para-hydroxylation sites is 1. The van der Waals surface area contributed by atoms with E-state index in [2.05, 4.69) is 15.0 Å². The van der Waals surface area contributed by atoms with Crippen LogP contribution >= 0.6 is 0 Å². The molecule has 1 heterocycles. The Balaban J connectivity index is 2.74. The minimum Gasteiger partial charge on any atom is -0.432 e. The van der Waals surface area contributed by atoms with Gasteiger partial charge in [0.1, 0.15) is 5.52 Å². The number of aromatic nitrogens is 1. The largest absolute Gasteiger partial charge is 0.432 e. The fourth-order valence-electron chi connectivity index (χ4n) is 2.26. The van der Waals surface area contributed by atoms with Crippen molar-refractivity contribution < 1.29 is 13.5 Å². The molecule has 1 aromatic carbocycles. The third-order valence-corrected chi connectivity index (χ3v) is 3.12. The second-order valence-corrected chi connectivity index (χ2v) is 4.19. The Morgan fingerprint density at radius 2 is 2.11 bits per heavy atom. The molecule has 0 saturated carbocycles. The van der Waals surface area contributed by atoms with Crippen molar-refractivity contribution in [1.29, 1.82) is 0 Å². The number of benzene rings is 1. The lowest BCUT2D eigenvalue weighted by Gasteiger charge is -2.15. The average Bonchev–Trinajstić information content (AvgIpc) is 2.38. The zero-order chi connectivity index (χ0) is 14.0. The van der Waals surface area contributed by atoms with Crippen molar-refractivity contribution in [2.24, 2.45) is 0 Å². The van der Waals surface area contributed by atoms with Crippen LogP contribution in [0.4, 0.5) is 14.5 Å². The number of hydrogen-bond acceptors (Lipinski definition) is 3. The van der Waals surface area contributed by atoms with Crippen LogP contribution in [0.5, 0.6) is 5.75 Å². The van der Waals surface area contributed by atoms with Crippen molar-refractivity contribution in [3.8, 4) is 5.75 Å². The molecule has 0 fully saturated rings. The molecular weight excluding hydrogens is 250 g/mol. The predicted octanol–water partition coefficient (Wildman–Crippen LogP) is 3.75. The minimum absolute atomic E-state index is 0.110. The van der Waals surface area contributed by atoms with E-state index in [-0.39, 0.29) is 5.75 Å². The molecule has 2 aromatic rings. The Hall–Kier alpha value is -1.91. The quantitative estimate of drug-likeness (QED) is 0.915. The van der Waals surface area contributed by atoms with Gasteiger partial charge in [-0.2, -0.15) is 8.78 Å². The van der Waals surface area contributed by atoms with Crippen molar-refractivity contribution in [3.63, 3.8) is 0 Å². The van der Waals surface area contributed by atoms with Gasteiger partial charge in [-0.3, -0.25) is 0 Å². The van der Waals surface area contributed by atoms with E-state index >= 15 is 0 Å². The van der Waals surface area contributed by atoms with Crippen LogP contribution in [-0.2, 0) is 6.42 Å². The van der Waals surface area contributed by atoms with Gasteiger partial charge in [-0.15, -0.1) is 0 Å². The molecule has 0 bridgehead atoms. The van der Waals surface area contributed by atoms with Gasteiger partial charge < -0.3 is 10.1 Å². The summed E-state index contributed by atoms with van der Waals surface area (Å²) in [5, 5.41) is 3.90. The van der Waals surface area contributed by atoms with Crippen LogP contribution in [0.25, 0.3) is 10.9 Å². The van der Waals surface area contributed by atoms with Crippen LogP contribution in [-0.4, -0.2) is 18.6 Å². The second kappa shape index (κ2) is 5.38. The molecule has 0 aliphatic rings. The van der Waals surface area contributed by atoms with E-state index in [1.54, 1.807) is 6.07 Å². The molecule has 3 nitrogen and oxygen atoms in total. The van der Waals surface area contributed by atoms with Gasteiger partial charge in [0.2, 0.25) is 0 Å². The highest BCUT2D eigenvalue weighted by molar-refractivity contribution is 5.96. The summed E-state index contributed by atoms with van der Waals surface area (Å²) < 4.78 is 29.4. The number of halogens is 2. The maximum atomic E-state index is 12.4. The molecule has 5 heteroatoms. The van der Waals surface area contributed by atoms with Gasteiger partial charge in [-0.25, -0.2) is 4.98 Å². The van der Waals surface area contributed by atoms with Crippen LogP contribution < -0.4 is 10.1 Å². The molecule has 1 aromatic heterocycles. The van der Waals surface area contributed by atoms with Crippen LogP contribution in [0, 0.1) is 6.92 Å². The molecule has 0 unspecified atom stereocenters. The maximum Gasteiger partial charge on any atom is 0.387 e. The monoisotopic (exact) mass is 266 g/mol. The van der Waals surface area contributed by atoms with Gasteiger partial charge in [0.25, 0.3) is 0 Å². The van der Waals surface area contributed by atoms with Crippen LogP contribution in [0.2, 0.25) is 0 Å². The van der Waals surface area contributed by atoms with Gasteiger partial charge in [0, 0.05) is 23.8 Å². The normalized spacial score (nSPS) is 11.1. The van der Waals surface area contributed by atoms with Gasteiger partial charge in [-0.1, -0.05) is 19.1 Å². The number of nitrogens with one attached hydrogen (secondary N) is 1. The fourth-order valence-corrected chi connectivity index (χ4v) is 2.26. The highest BCUT2D eigenvalue weighted by Crippen LogP contribution is 2.33.